The maximum absolute atomic E-state index is 12.8. The normalized spacial score (nSPS) is 12.0. The SMILES string of the molecule is Cc1cc(C(F)(F)F)cc(O)c1-c1ccc2cn(C)nc2n1. The largest absolute Gasteiger partial charge is 0.507 e. The summed E-state index contributed by atoms with van der Waals surface area (Å²) in [6.07, 6.45) is -2.72. The van der Waals surface area contributed by atoms with Crippen molar-refractivity contribution in [3.05, 3.63) is 41.6 Å². The van der Waals surface area contributed by atoms with Crippen molar-refractivity contribution < 1.29 is 18.3 Å². The number of nitrogens with zero attached hydrogens (tertiary/aromatic N) is 3. The molecule has 2 heterocycles. The van der Waals surface area contributed by atoms with Crippen LogP contribution in [0.25, 0.3) is 22.3 Å². The summed E-state index contributed by atoms with van der Waals surface area (Å²) in [6.45, 7) is 1.51. The summed E-state index contributed by atoms with van der Waals surface area (Å²) in [5.74, 6) is -0.449. The second-order valence-corrected chi connectivity index (χ2v) is 5.10. The Balaban J connectivity index is 2.17. The Labute approximate surface area is 123 Å². The van der Waals surface area contributed by atoms with E-state index < -0.39 is 17.5 Å². The zero-order valence-electron chi connectivity index (χ0n) is 11.8. The lowest BCUT2D eigenvalue weighted by Gasteiger charge is -2.13. The van der Waals surface area contributed by atoms with E-state index in [9.17, 15) is 18.3 Å². The second-order valence-electron chi connectivity index (χ2n) is 5.10. The van der Waals surface area contributed by atoms with E-state index in [1.165, 1.54) is 6.92 Å². The van der Waals surface area contributed by atoms with Crippen LogP contribution in [0, 0.1) is 6.92 Å². The fourth-order valence-corrected chi connectivity index (χ4v) is 2.42. The predicted octanol–water partition coefficient (Wildman–Crippen LogP) is 3.67. The minimum absolute atomic E-state index is 0.278. The van der Waals surface area contributed by atoms with E-state index in [0.29, 0.717) is 23.0 Å². The number of aromatic hydroxyl groups is 1. The maximum Gasteiger partial charge on any atom is 0.416 e. The van der Waals surface area contributed by atoms with Gasteiger partial charge in [-0.05, 0) is 36.8 Å². The van der Waals surface area contributed by atoms with Gasteiger partial charge in [0.15, 0.2) is 5.65 Å². The lowest BCUT2D eigenvalue weighted by Crippen LogP contribution is -2.05. The van der Waals surface area contributed by atoms with Crippen LogP contribution in [0.15, 0.2) is 30.5 Å². The highest BCUT2D eigenvalue weighted by atomic mass is 19.4. The highest BCUT2D eigenvalue weighted by molar-refractivity contribution is 5.80. The van der Waals surface area contributed by atoms with Crippen molar-refractivity contribution in [3.8, 4) is 17.0 Å². The van der Waals surface area contributed by atoms with Gasteiger partial charge in [0.05, 0.1) is 11.3 Å². The highest BCUT2D eigenvalue weighted by Crippen LogP contribution is 2.38. The molecule has 0 amide bonds. The summed E-state index contributed by atoms with van der Waals surface area (Å²) in [5.41, 5.74) is 0.550. The average molecular weight is 307 g/mol. The zero-order valence-corrected chi connectivity index (χ0v) is 11.8. The van der Waals surface area contributed by atoms with Crippen molar-refractivity contribution in [2.75, 3.05) is 0 Å². The number of aromatic nitrogens is 3. The second kappa shape index (κ2) is 4.72. The minimum atomic E-state index is -4.50. The van der Waals surface area contributed by atoms with Crippen LogP contribution in [-0.2, 0) is 13.2 Å². The fourth-order valence-electron chi connectivity index (χ4n) is 2.42. The molecule has 114 valence electrons. The van der Waals surface area contributed by atoms with Crippen molar-refractivity contribution in [1.82, 2.24) is 14.8 Å². The van der Waals surface area contributed by atoms with Crippen LogP contribution in [0.5, 0.6) is 5.75 Å². The Hall–Kier alpha value is -2.57. The van der Waals surface area contributed by atoms with Crippen LogP contribution in [0.1, 0.15) is 11.1 Å². The van der Waals surface area contributed by atoms with Gasteiger partial charge in [0.2, 0.25) is 0 Å². The van der Waals surface area contributed by atoms with Gasteiger partial charge in [-0.2, -0.15) is 18.3 Å². The van der Waals surface area contributed by atoms with Crippen molar-refractivity contribution in [3.63, 3.8) is 0 Å². The lowest BCUT2D eigenvalue weighted by molar-refractivity contribution is -0.137. The topological polar surface area (TPSA) is 50.9 Å². The Morgan fingerprint density at radius 1 is 1.18 bits per heavy atom. The first-order chi connectivity index (χ1) is 10.3. The van der Waals surface area contributed by atoms with Crippen molar-refractivity contribution in [2.24, 2.45) is 7.05 Å². The molecule has 0 spiro atoms. The molecule has 0 fully saturated rings. The van der Waals surface area contributed by atoms with Gasteiger partial charge in [0.25, 0.3) is 0 Å². The van der Waals surface area contributed by atoms with Gasteiger partial charge in [-0.15, -0.1) is 0 Å². The first-order valence-electron chi connectivity index (χ1n) is 6.47. The van der Waals surface area contributed by atoms with E-state index in [-0.39, 0.29) is 5.56 Å². The Bertz CT molecular complexity index is 845. The van der Waals surface area contributed by atoms with Crippen LogP contribution in [0.2, 0.25) is 0 Å². The van der Waals surface area contributed by atoms with Crippen molar-refractivity contribution in [2.45, 2.75) is 13.1 Å². The smallest absolute Gasteiger partial charge is 0.416 e. The average Bonchev–Trinajstić information content (AvgIpc) is 2.76. The molecule has 0 radical (unpaired) electrons. The third-order valence-electron chi connectivity index (χ3n) is 3.38. The lowest BCUT2D eigenvalue weighted by atomic mass is 10.00. The molecule has 7 heteroatoms. The van der Waals surface area contributed by atoms with Gasteiger partial charge < -0.3 is 5.11 Å². The molecular formula is C15H12F3N3O. The number of fused-ring (bicyclic) bond motifs is 1. The number of hydrogen-bond acceptors (Lipinski definition) is 3. The van der Waals surface area contributed by atoms with E-state index in [4.69, 9.17) is 0 Å². The molecule has 0 aliphatic heterocycles. The maximum atomic E-state index is 12.8. The predicted molar refractivity (Wildman–Crippen MR) is 75.3 cm³/mol. The van der Waals surface area contributed by atoms with Crippen LogP contribution < -0.4 is 0 Å². The van der Waals surface area contributed by atoms with Gasteiger partial charge >= 0.3 is 6.18 Å². The zero-order chi connectivity index (χ0) is 16.1. The van der Waals surface area contributed by atoms with Crippen LogP contribution >= 0.6 is 0 Å². The highest BCUT2D eigenvalue weighted by Gasteiger charge is 2.32. The molecule has 4 nitrogen and oxygen atoms in total. The monoisotopic (exact) mass is 307 g/mol. The Kier molecular flexibility index (Phi) is 3.09. The number of phenolic OH excluding ortho intramolecular Hbond substituents is 1. The third-order valence-corrected chi connectivity index (χ3v) is 3.38. The number of benzene rings is 1. The van der Waals surface area contributed by atoms with Crippen LogP contribution in [0.3, 0.4) is 0 Å². The summed E-state index contributed by atoms with van der Waals surface area (Å²) in [5, 5.41) is 15.0. The summed E-state index contributed by atoms with van der Waals surface area (Å²) in [7, 11) is 1.75. The fraction of sp³-hybridized carbons (Fsp3) is 0.200. The summed E-state index contributed by atoms with van der Waals surface area (Å²) >= 11 is 0. The van der Waals surface area contributed by atoms with Gasteiger partial charge in [-0.1, -0.05) is 0 Å². The quantitative estimate of drug-likeness (QED) is 0.746. The number of rotatable bonds is 1. The molecule has 0 aliphatic rings. The molecule has 0 saturated carbocycles. The molecule has 1 aromatic carbocycles. The van der Waals surface area contributed by atoms with E-state index in [2.05, 4.69) is 10.1 Å². The molecule has 3 aromatic rings. The molecule has 0 aliphatic carbocycles. The standard InChI is InChI=1S/C15H12F3N3O/c1-8-5-10(15(16,17)18)6-12(22)13(8)11-4-3-9-7-21(2)20-14(9)19-11/h3-7,22H,1-2H3. The van der Waals surface area contributed by atoms with Gasteiger partial charge in [0, 0.05) is 24.2 Å². The van der Waals surface area contributed by atoms with Gasteiger partial charge in [0.1, 0.15) is 5.75 Å². The molecule has 2 aromatic heterocycles. The molecular weight excluding hydrogens is 295 g/mol. The molecule has 0 atom stereocenters. The molecule has 0 saturated heterocycles. The minimum Gasteiger partial charge on any atom is -0.507 e. The number of alkyl halides is 3. The van der Waals surface area contributed by atoms with E-state index >= 15 is 0 Å². The Morgan fingerprint density at radius 2 is 1.91 bits per heavy atom. The van der Waals surface area contributed by atoms with Gasteiger partial charge in [-0.25, -0.2) is 4.98 Å². The molecule has 1 N–H and O–H groups in total. The molecule has 22 heavy (non-hydrogen) atoms. The molecule has 0 unspecified atom stereocenters. The van der Waals surface area contributed by atoms with Crippen molar-refractivity contribution in [1.29, 1.82) is 0 Å². The summed E-state index contributed by atoms with van der Waals surface area (Å²) < 4.78 is 39.9. The van der Waals surface area contributed by atoms with E-state index in [1.54, 1.807) is 30.1 Å². The third kappa shape index (κ3) is 2.38. The number of aryl methyl sites for hydroxylation is 2. The summed E-state index contributed by atoms with van der Waals surface area (Å²) in [4.78, 5) is 4.31. The van der Waals surface area contributed by atoms with Crippen LogP contribution in [0.4, 0.5) is 13.2 Å². The van der Waals surface area contributed by atoms with Gasteiger partial charge in [-0.3, -0.25) is 4.68 Å². The van der Waals surface area contributed by atoms with E-state index in [0.717, 1.165) is 11.5 Å². The van der Waals surface area contributed by atoms with Crippen LogP contribution in [-0.4, -0.2) is 19.9 Å². The van der Waals surface area contributed by atoms with E-state index in [1.807, 2.05) is 0 Å². The van der Waals surface area contributed by atoms with Crippen molar-refractivity contribution >= 4 is 11.0 Å². The number of phenols is 1. The number of halogens is 3. The first-order valence-corrected chi connectivity index (χ1v) is 6.47. The Morgan fingerprint density at radius 3 is 2.55 bits per heavy atom. The molecule has 0 bridgehead atoms. The first kappa shape index (κ1) is 14.4. The summed E-state index contributed by atoms with van der Waals surface area (Å²) in [6, 6.07) is 5.13. The number of hydrogen-bond donors (Lipinski definition) is 1. The molecule has 3 rings (SSSR count). The number of pyridine rings is 1.